The van der Waals surface area contributed by atoms with E-state index in [1.54, 1.807) is 24.3 Å². The molecule has 0 atom stereocenters. The summed E-state index contributed by atoms with van der Waals surface area (Å²) in [7, 11) is 0. The quantitative estimate of drug-likeness (QED) is 0.828. The first-order valence-electron chi connectivity index (χ1n) is 5.61. The van der Waals surface area contributed by atoms with Crippen molar-refractivity contribution in [1.82, 2.24) is 4.98 Å². The summed E-state index contributed by atoms with van der Waals surface area (Å²) in [5.74, 6) is 0.0886. The van der Waals surface area contributed by atoms with Gasteiger partial charge in [0.15, 0.2) is 5.82 Å². The SMILES string of the molecule is OCCOc1cccc(Nc2cc(Cl)ncc2F)c1. The highest BCUT2D eigenvalue weighted by molar-refractivity contribution is 6.29. The molecule has 0 aliphatic carbocycles. The van der Waals surface area contributed by atoms with Crippen molar-refractivity contribution in [3.05, 3.63) is 47.5 Å². The minimum atomic E-state index is -0.494. The van der Waals surface area contributed by atoms with Crippen LogP contribution in [0.4, 0.5) is 15.8 Å². The van der Waals surface area contributed by atoms with Crippen molar-refractivity contribution in [3.8, 4) is 5.75 Å². The number of aliphatic hydroxyl groups is 1. The Kier molecular flexibility index (Phi) is 4.54. The number of hydrogen-bond donors (Lipinski definition) is 2. The van der Waals surface area contributed by atoms with Crippen LogP contribution < -0.4 is 10.1 Å². The third kappa shape index (κ3) is 3.81. The Morgan fingerprint density at radius 3 is 3.00 bits per heavy atom. The van der Waals surface area contributed by atoms with Gasteiger partial charge in [0.25, 0.3) is 0 Å². The second kappa shape index (κ2) is 6.36. The molecule has 2 N–H and O–H groups in total. The second-order valence-electron chi connectivity index (χ2n) is 3.71. The van der Waals surface area contributed by atoms with E-state index in [0.717, 1.165) is 6.20 Å². The third-order valence-corrected chi connectivity index (χ3v) is 2.50. The van der Waals surface area contributed by atoms with Gasteiger partial charge in [-0.15, -0.1) is 0 Å². The van der Waals surface area contributed by atoms with Gasteiger partial charge in [0.05, 0.1) is 18.5 Å². The summed E-state index contributed by atoms with van der Waals surface area (Å²) in [5, 5.41) is 11.8. The van der Waals surface area contributed by atoms with E-state index in [9.17, 15) is 4.39 Å². The molecule has 0 spiro atoms. The van der Waals surface area contributed by atoms with Crippen molar-refractivity contribution in [3.63, 3.8) is 0 Å². The number of benzene rings is 1. The summed E-state index contributed by atoms with van der Waals surface area (Å²) >= 11 is 5.71. The van der Waals surface area contributed by atoms with Crippen LogP contribution in [0.25, 0.3) is 0 Å². The maximum Gasteiger partial charge on any atom is 0.164 e. The molecular formula is C13H12ClFN2O2. The van der Waals surface area contributed by atoms with Gasteiger partial charge in [-0.3, -0.25) is 0 Å². The first-order valence-corrected chi connectivity index (χ1v) is 5.98. The Hall–Kier alpha value is -1.85. The Bertz CT molecular complexity index is 566. The maximum atomic E-state index is 13.5. The molecule has 4 nitrogen and oxygen atoms in total. The molecule has 0 unspecified atom stereocenters. The minimum Gasteiger partial charge on any atom is -0.491 e. The summed E-state index contributed by atoms with van der Waals surface area (Å²) in [4.78, 5) is 3.64. The minimum absolute atomic E-state index is 0.0632. The van der Waals surface area contributed by atoms with E-state index in [1.165, 1.54) is 6.07 Å². The van der Waals surface area contributed by atoms with Crippen LogP contribution in [0.1, 0.15) is 0 Å². The fourth-order valence-corrected chi connectivity index (χ4v) is 1.65. The molecule has 6 heteroatoms. The van der Waals surface area contributed by atoms with Crippen molar-refractivity contribution in [2.45, 2.75) is 0 Å². The van der Waals surface area contributed by atoms with Crippen molar-refractivity contribution in [2.75, 3.05) is 18.5 Å². The second-order valence-corrected chi connectivity index (χ2v) is 4.10. The van der Waals surface area contributed by atoms with Gasteiger partial charge in [0, 0.05) is 17.8 Å². The smallest absolute Gasteiger partial charge is 0.164 e. The monoisotopic (exact) mass is 282 g/mol. The van der Waals surface area contributed by atoms with E-state index >= 15 is 0 Å². The molecule has 0 saturated heterocycles. The van der Waals surface area contributed by atoms with Crippen molar-refractivity contribution >= 4 is 23.0 Å². The van der Waals surface area contributed by atoms with Gasteiger partial charge >= 0.3 is 0 Å². The van der Waals surface area contributed by atoms with E-state index in [4.69, 9.17) is 21.4 Å². The zero-order valence-electron chi connectivity index (χ0n) is 9.94. The summed E-state index contributed by atoms with van der Waals surface area (Å²) in [6.45, 7) is 0.144. The van der Waals surface area contributed by atoms with Crippen LogP contribution in [-0.4, -0.2) is 23.3 Å². The maximum absolute atomic E-state index is 13.5. The summed E-state index contributed by atoms with van der Waals surface area (Å²) in [5.41, 5.74) is 0.885. The summed E-state index contributed by atoms with van der Waals surface area (Å²) in [6.07, 6.45) is 1.05. The first kappa shape index (κ1) is 13.6. The lowest BCUT2D eigenvalue weighted by atomic mass is 10.3. The first-order chi connectivity index (χ1) is 9.19. The lowest BCUT2D eigenvalue weighted by molar-refractivity contribution is 0.201. The number of ether oxygens (including phenoxy) is 1. The Morgan fingerprint density at radius 1 is 1.37 bits per heavy atom. The third-order valence-electron chi connectivity index (χ3n) is 2.30. The molecule has 2 aromatic rings. The van der Waals surface area contributed by atoms with Gasteiger partial charge in [0.1, 0.15) is 17.5 Å². The van der Waals surface area contributed by atoms with Crippen LogP contribution in [0.5, 0.6) is 5.75 Å². The lowest BCUT2D eigenvalue weighted by Crippen LogP contribution is -2.02. The molecule has 0 aliphatic heterocycles. The van der Waals surface area contributed by atoms with Crippen LogP contribution >= 0.6 is 11.6 Å². The number of halogens is 2. The molecule has 0 saturated carbocycles. The number of anilines is 2. The molecule has 19 heavy (non-hydrogen) atoms. The molecule has 1 heterocycles. The van der Waals surface area contributed by atoms with Gasteiger partial charge in [-0.1, -0.05) is 17.7 Å². The van der Waals surface area contributed by atoms with E-state index in [-0.39, 0.29) is 24.1 Å². The van der Waals surface area contributed by atoms with Gasteiger partial charge in [-0.05, 0) is 12.1 Å². The number of aliphatic hydroxyl groups excluding tert-OH is 1. The van der Waals surface area contributed by atoms with Gasteiger partial charge in [-0.2, -0.15) is 0 Å². The number of pyridine rings is 1. The van der Waals surface area contributed by atoms with Crippen molar-refractivity contribution < 1.29 is 14.2 Å². The molecular weight excluding hydrogens is 271 g/mol. The van der Waals surface area contributed by atoms with Crippen LogP contribution in [0, 0.1) is 5.82 Å². The van der Waals surface area contributed by atoms with E-state index in [2.05, 4.69) is 10.3 Å². The molecule has 0 aliphatic rings. The molecule has 0 amide bonds. The van der Waals surface area contributed by atoms with Crippen molar-refractivity contribution in [1.29, 1.82) is 0 Å². The highest BCUT2D eigenvalue weighted by atomic mass is 35.5. The van der Waals surface area contributed by atoms with E-state index in [1.807, 2.05) is 0 Å². The average Bonchev–Trinajstić information content (AvgIpc) is 2.41. The number of aromatic nitrogens is 1. The topological polar surface area (TPSA) is 54.4 Å². The molecule has 0 bridgehead atoms. The Balaban J connectivity index is 2.16. The normalized spacial score (nSPS) is 10.3. The standard InChI is InChI=1S/C13H12ClFN2O2/c14-13-7-12(11(15)8-16-13)17-9-2-1-3-10(6-9)19-5-4-18/h1-3,6-8,18H,4-5H2,(H,16,17). The fraction of sp³-hybridized carbons (Fsp3) is 0.154. The van der Waals surface area contributed by atoms with Gasteiger partial charge in [0.2, 0.25) is 0 Å². The fourth-order valence-electron chi connectivity index (χ4n) is 1.49. The molecule has 1 aromatic carbocycles. The predicted octanol–water partition coefficient (Wildman–Crippen LogP) is 2.99. The largest absolute Gasteiger partial charge is 0.491 e. The van der Waals surface area contributed by atoms with Crippen LogP contribution in [0.15, 0.2) is 36.5 Å². The molecule has 0 fully saturated rings. The lowest BCUT2D eigenvalue weighted by Gasteiger charge is -2.10. The average molecular weight is 283 g/mol. The number of nitrogens with zero attached hydrogens (tertiary/aromatic N) is 1. The van der Waals surface area contributed by atoms with Crippen molar-refractivity contribution in [2.24, 2.45) is 0 Å². The molecule has 2 rings (SSSR count). The zero-order chi connectivity index (χ0) is 13.7. The summed E-state index contributed by atoms with van der Waals surface area (Å²) in [6, 6.07) is 8.37. The zero-order valence-corrected chi connectivity index (χ0v) is 10.7. The van der Waals surface area contributed by atoms with Gasteiger partial charge in [-0.25, -0.2) is 9.37 Å². The van der Waals surface area contributed by atoms with Crippen LogP contribution in [0.2, 0.25) is 5.15 Å². The van der Waals surface area contributed by atoms with Gasteiger partial charge < -0.3 is 15.2 Å². The number of hydrogen-bond acceptors (Lipinski definition) is 4. The molecule has 1 aromatic heterocycles. The van der Waals surface area contributed by atoms with E-state index < -0.39 is 5.82 Å². The molecule has 0 radical (unpaired) electrons. The van der Waals surface area contributed by atoms with E-state index in [0.29, 0.717) is 11.4 Å². The number of rotatable bonds is 5. The highest BCUT2D eigenvalue weighted by Gasteiger charge is 2.05. The number of nitrogens with one attached hydrogen (secondary N) is 1. The van der Waals surface area contributed by atoms with Crippen LogP contribution in [0.3, 0.4) is 0 Å². The molecule has 100 valence electrons. The summed E-state index contributed by atoms with van der Waals surface area (Å²) < 4.78 is 18.8. The Morgan fingerprint density at radius 2 is 2.21 bits per heavy atom. The highest BCUT2D eigenvalue weighted by Crippen LogP contribution is 2.24. The van der Waals surface area contributed by atoms with Crippen LogP contribution in [-0.2, 0) is 0 Å². The Labute approximate surface area is 114 Å². The predicted molar refractivity (Wildman–Crippen MR) is 71.5 cm³/mol.